The van der Waals surface area contributed by atoms with E-state index in [2.05, 4.69) is 15.0 Å². The first-order chi connectivity index (χ1) is 13.7. The number of amides is 1. The molecule has 0 spiro atoms. The van der Waals surface area contributed by atoms with Crippen molar-refractivity contribution < 1.29 is 23.8 Å². The summed E-state index contributed by atoms with van der Waals surface area (Å²) in [5.74, 6) is -0.125. The molecule has 0 aliphatic carbocycles. The number of ether oxygens (including phenoxy) is 3. The topological polar surface area (TPSA) is 86.8 Å². The Balaban J connectivity index is 2.10. The highest BCUT2D eigenvalue weighted by atomic mass is 35.5. The van der Waals surface area contributed by atoms with Gasteiger partial charge in [-0.25, -0.2) is 9.59 Å². The van der Waals surface area contributed by atoms with Crippen molar-refractivity contribution in [3.05, 3.63) is 58.9 Å². The van der Waals surface area contributed by atoms with E-state index in [0.717, 1.165) is 5.56 Å². The molecule has 29 heavy (non-hydrogen) atoms. The van der Waals surface area contributed by atoms with Gasteiger partial charge in [0.1, 0.15) is 18.0 Å². The first kappa shape index (κ1) is 22.5. The van der Waals surface area contributed by atoms with Crippen LogP contribution < -0.4 is 10.1 Å². The molecule has 1 atom stereocenters. The maximum atomic E-state index is 12.2. The second kappa shape index (κ2) is 10.1. The first-order valence-corrected chi connectivity index (χ1v) is 9.44. The molecule has 0 saturated heterocycles. The molecule has 0 aliphatic heterocycles. The lowest BCUT2D eigenvalue weighted by atomic mass is 10.1. The van der Waals surface area contributed by atoms with Crippen LogP contribution in [0.3, 0.4) is 0 Å². The van der Waals surface area contributed by atoms with Crippen LogP contribution in [0.25, 0.3) is 0 Å². The van der Waals surface area contributed by atoms with Crippen LogP contribution in [-0.4, -0.2) is 42.4 Å². The van der Waals surface area contributed by atoms with Gasteiger partial charge in [-0.1, -0.05) is 23.7 Å². The molecule has 156 valence electrons. The summed E-state index contributed by atoms with van der Waals surface area (Å²) in [4.78, 5) is 27.9. The van der Waals surface area contributed by atoms with Gasteiger partial charge >= 0.3 is 12.1 Å². The van der Waals surface area contributed by atoms with Crippen LogP contribution in [0.5, 0.6) is 5.75 Å². The number of hydrogen-bond acceptors (Lipinski definition) is 6. The van der Waals surface area contributed by atoms with Crippen LogP contribution >= 0.6 is 11.6 Å². The summed E-state index contributed by atoms with van der Waals surface area (Å²) in [5, 5.41) is 3.42. The molecule has 2 aromatic rings. The van der Waals surface area contributed by atoms with Crippen molar-refractivity contribution in [2.24, 2.45) is 0 Å². The monoisotopic (exact) mass is 420 g/mol. The molecule has 0 bridgehead atoms. The number of nitrogens with one attached hydrogen (secondary N) is 1. The molecular weight excluding hydrogens is 396 g/mol. The Bertz CT molecular complexity index is 851. The largest absolute Gasteiger partial charge is 0.490 e. The minimum atomic E-state index is -0.621. The molecular formula is C21H25ClN2O5. The van der Waals surface area contributed by atoms with Crippen LogP contribution in [0.4, 0.5) is 4.79 Å². The number of hydrogen-bond donors (Lipinski definition) is 1. The predicted molar refractivity (Wildman–Crippen MR) is 109 cm³/mol. The maximum Gasteiger partial charge on any atom is 0.408 e. The zero-order valence-corrected chi connectivity index (χ0v) is 17.7. The van der Waals surface area contributed by atoms with Gasteiger partial charge in [0, 0.05) is 11.2 Å². The number of alkyl carbamates (subject to hydrolysis) is 1. The van der Waals surface area contributed by atoms with Gasteiger partial charge in [-0.2, -0.15) is 0 Å². The quantitative estimate of drug-likeness (QED) is 0.680. The average molecular weight is 421 g/mol. The van der Waals surface area contributed by atoms with E-state index < -0.39 is 23.7 Å². The Morgan fingerprint density at radius 2 is 1.97 bits per heavy atom. The highest BCUT2D eigenvalue weighted by Crippen LogP contribution is 2.16. The minimum Gasteiger partial charge on any atom is -0.490 e. The van der Waals surface area contributed by atoms with Gasteiger partial charge in [0.05, 0.1) is 24.9 Å². The van der Waals surface area contributed by atoms with Crippen LogP contribution in [0.15, 0.2) is 42.7 Å². The van der Waals surface area contributed by atoms with Crippen molar-refractivity contribution in [1.29, 1.82) is 0 Å². The Kier molecular flexibility index (Phi) is 7.84. The van der Waals surface area contributed by atoms with E-state index >= 15 is 0 Å². The van der Waals surface area contributed by atoms with Crippen molar-refractivity contribution in [1.82, 2.24) is 10.3 Å². The number of methoxy groups -OCH3 is 1. The zero-order chi connectivity index (χ0) is 21.4. The molecule has 1 N–H and O–H groups in total. The Morgan fingerprint density at radius 3 is 2.62 bits per heavy atom. The van der Waals surface area contributed by atoms with Crippen molar-refractivity contribution in [2.45, 2.75) is 38.8 Å². The van der Waals surface area contributed by atoms with Gasteiger partial charge in [-0.15, -0.1) is 0 Å². The molecule has 7 nitrogen and oxygen atoms in total. The van der Waals surface area contributed by atoms with Gasteiger partial charge in [0.15, 0.2) is 0 Å². The van der Waals surface area contributed by atoms with E-state index in [0.29, 0.717) is 17.2 Å². The first-order valence-electron chi connectivity index (χ1n) is 9.06. The number of esters is 1. The molecule has 0 aliphatic rings. The Morgan fingerprint density at radius 1 is 1.21 bits per heavy atom. The van der Waals surface area contributed by atoms with Gasteiger partial charge in [-0.05, 0) is 51.0 Å². The summed E-state index contributed by atoms with van der Waals surface area (Å²) in [5.41, 5.74) is 0.588. The molecule has 0 fully saturated rings. The number of carbonyl (C=O) groups is 2. The smallest absolute Gasteiger partial charge is 0.408 e. The van der Waals surface area contributed by atoms with Gasteiger partial charge < -0.3 is 19.5 Å². The SMILES string of the molecule is COC(=O)c1cncc(OC[C@@H](Cc2cccc(Cl)c2)NC(=O)OC(C)(C)C)c1. The maximum absolute atomic E-state index is 12.2. The third kappa shape index (κ3) is 7.99. The van der Waals surface area contributed by atoms with E-state index in [1.165, 1.54) is 25.6 Å². The van der Waals surface area contributed by atoms with Crippen molar-refractivity contribution >= 4 is 23.7 Å². The van der Waals surface area contributed by atoms with E-state index in [4.69, 9.17) is 21.1 Å². The van der Waals surface area contributed by atoms with Crippen molar-refractivity contribution in [2.75, 3.05) is 13.7 Å². The van der Waals surface area contributed by atoms with E-state index in [1.807, 2.05) is 18.2 Å². The number of aromatic nitrogens is 1. The second-order valence-electron chi connectivity index (χ2n) is 7.39. The molecule has 8 heteroatoms. The predicted octanol–water partition coefficient (Wildman–Crippen LogP) is 4.04. The number of rotatable bonds is 7. The van der Waals surface area contributed by atoms with Crippen LogP contribution in [0.2, 0.25) is 5.02 Å². The molecule has 1 heterocycles. The van der Waals surface area contributed by atoms with Crippen LogP contribution in [0, 0.1) is 0 Å². The number of benzene rings is 1. The lowest BCUT2D eigenvalue weighted by molar-refractivity contribution is 0.0487. The lowest BCUT2D eigenvalue weighted by Crippen LogP contribution is -2.43. The van der Waals surface area contributed by atoms with Crippen LogP contribution in [-0.2, 0) is 15.9 Å². The molecule has 1 aromatic heterocycles. The Hall–Kier alpha value is -2.80. The van der Waals surface area contributed by atoms with Crippen molar-refractivity contribution in [3.63, 3.8) is 0 Å². The standard InChI is InChI=1S/C21H25ClN2O5/c1-21(2,3)29-20(26)24-17(9-14-6-5-7-16(22)8-14)13-28-18-10-15(11-23-12-18)19(25)27-4/h5-8,10-12,17H,9,13H2,1-4H3,(H,24,26)/t17-/m1/s1. The fourth-order valence-electron chi connectivity index (χ4n) is 2.50. The zero-order valence-electron chi connectivity index (χ0n) is 16.9. The summed E-state index contributed by atoms with van der Waals surface area (Å²) in [6, 6.07) is 8.49. The molecule has 0 unspecified atom stereocenters. The molecule has 0 radical (unpaired) electrons. The van der Waals surface area contributed by atoms with Gasteiger partial charge in [-0.3, -0.25) is 4.98 Å². The minimum absolute atomic E-state index is 0.137. The number of pyridine rings is 1. The number of carbonyl (C=O) groups excluding carboxylic acids is 2. The number of halogens is 1. The fourth-order valence-corrected chi connectivity index (χ4v) is 2.71. The highest BCUT2D eigenvalue weighted by molar-refractivity contribution is 6.30. The van der Waals surface area contributed by atoms with E-state index in [9.17, 15) is 9.59 Å². The number of nitrogens with zero attached hydrogens (tertiary/aromatic N) is 1. The molecule has 1 amide bonds. The second-order valence-corrected chi connectivity index (χ2v) is 7.83. The van der Waals surface area contributed by atoms with Gasteiger partial charge in [0.25, 0.3) is 0 Å². The summed E-state index contributed by atoms with van der Waals surface area (Å²) >= 11 is 6.06. The third-order valence-corrected chi connectivity index (χ3v) is 3.91. The van der Waals surface area contributed by atoms with E-state index in [1.54, 1.807) is 26.8 Å². The lowest BCUT2D eigenvalue weighted by Gasteiger charge is -2.24. The summed E-state index contributed by atoms with van der Waals surface area (Å²) in [6.07, 6.45) is 2.80. The normalized spacial score (nSPS) is 12.0. The molecule has 2 rings (SSSR count). The summed E-state index contributed by atoms with van der Waals surface area (Å²) in [6.45, 7) is 5.51. The Labute approximate surface area is 175 Å². The average Bonchev–Trinajstić information content (AvgIpc) is 2.64. The summed E-state index contributed by atoms with van der Waals surface area (Å²) < 4.78 is 15.8. The van der Waals surface area contributed by atoms with Crippen LogP contribution in [0.1, 0.15) is 36.7 Å². The van der Waals surface area contributed by atoms with Crippen molar-refractivity contribution in [3.8, 4) is 5.75 Å². The van der Waals surface area contributed by atoms with Gasteiger partial charge in [0.2, 0.25) is 0 Å². The van der Waals surface area contributed by atoms with E-state index in [-0.39, 0.29) is 12.2 Å². The summed E-state index contributed by atoms with van der Waals surface area (Å²) in [7, 11) is 1.29. The fraction of sp³-hybridized carbons (Fsp3) is 0.381. The molecule has 1 aromatic carbocycles. The molecule has 0 saturated carbocycles. The third-order valence-electron chi connectivity index (χ3n) is 3.68. The highest BCUT2D eigenvalue weighted by Gasteiger charge is 2.21.